The van der Waals surface area contributed by atoms with Crippen LogP contribution in [-0.4, -0.2) is 23.9 Å². The van der Waals surface area contributed by atoms with Gasteiger partial charge in [0, 0.05) is 30.1 Å². The summed E-state index contributed by atoms with van der Waals surface area (Å²) in [7, 11) is 0. The Balaban J connectivity index is 2.03. The van der Waals surface area contributed by atoms with E-state index in [9.17, 15) is 14.9 Å². The van der Waals surface area contributed by atoms with Crippen LogP contribution in [0.25, 0.3) is 0 Å². The first kappa shape index (κ1) is 15.5. The van der Waals surface area contributed by atoms with Gasteiger partial charge in [-0.05, 0) is 25.1 Å². The van der Waals surface area contributed by atoms with Gasteiger partial charge in [-0.15, -0.1) is 0 Å². The first-order valence-electron chi connectivity index (χ1n) is 6.94. The van der Waals surface area contributed by atoms with Crippen LogP contribution in [0.5, 0.6) is 0 Å². The molecule has 0 aliphatic heterocycles. The van der Waals surface area contributed by atoms with Gasteiger partial charge in [0.25, 0.3) is 5.69 Å². The van der Waals surface area contributed by atoms with Crippen LogP contribution in [0.15, 0.2) is 54.6 Å². The fourth-order valence-electron chi connectivity index (χ4n) is 2.10. The second kappa shape index (κ2) is 7.21. The molecule has 2 aromatic carbocycles. The number of rotatable bonds is 6. The minimum absolute atomic E-state index is 0.0480. The molecule has 22 heavy (non-hydrogen) atoms. The number of non-ortho nitro benzene ring substituents is 1. The summed E-state index contributed by atoms with van der Waals surface area (Å²) in [5.41, 5.74) is 1.33. The molecule has 6 nitrogen and oxygen atoms in total. The first-order chi connectivity index (χ1) is 10.6. The van der Waals surface area contributed by atoms with Gasteiger partial charge in [0.05, 0.1) is 11.5 Å². The van der Waals surface area contributed by atoms with Crippen molar-refractivity contribution in [2.24, 2.45) is 0 Å². The van der Waals surface area contributed by atoms with Crippen molar-refractivity contribution in [1.82, 2.24) is 0 Å². The van der Waals surface area contributed by atoms with E-state index >= 15 is 0 Å². The van der Waals surface area contributed by atoms with E-state index in [1.165, 1.54) is 12.1 Å². The van der Waals surface area contributed by atoms with Crippen molar-refractivity contribution >= 4 is 23.0 Å². The number of nitro groups is 1. The highest BCUT2D eigenvalue weighted by Gasteiger charge is 2.11. The molecule has 1 amide bonds. The van der Waals surface area contributed by atoms with Crippen LogP contribution in [0, 0.1) is 10.1 Å². The maximum Gasteiger partial charge on any atom is 0.271 e. The summed E-state index contributed by atoms with van der Waals surface area (Å²) in [6, 6.07) is 15.5. The highest BCUT2D eigenvalue weighted by Crippen LogP contribution is 2.17. The van der Waals surface area contributed by atoms with Crippen LogP contribution in [-0.2, 0) is 4.79 Å². The quantitative estimate of drug-likeness (QED) is 0.657. The van der Waals surface area contributed by atoms with E-state index in [1.807, 2.05) is 42.2 Å². The molecule has 0 atom stereocenters. The minimum atomic E-state index is -0.488. The van der Waals surface area contributed by atoms with Crippen molar-refractivity contribution in [3.05, 3.63) is 64.7 Å². The Bertz CT molecular complexity index is 659. The Morgan fingerprint density at radius 1 is 1.18 bits per heavy atom. The van der Waals surface area contributed by atoms with Crippen molar-refractivity contribution in [1.29, 1.82) is 0 Å². The number of nitrogens with zero attached hydrogens (tertiary/aromatic N) is 2. The third-order valence-corrected chi connectivity index (χ3v) is 3.18. The normalized spacial score (nSPS) is 10.0. The number of hydrogen-bond donors (Lipinski definition) is 1. The number of carbonyl (C=O) groups is 1. The van der Waals surface area contributed by atoms with Gasteiger partial charge in [-0.2, -0.15) is 0 Å². The molecule has 2 aromatic rings. The van der Waals surface area contributed by atoms with E-state index in [-0.39, 0.29) is 18.1 Å². The van der Waals surface area contributed by atoms with Crippen molar-refractivity contribution in [3.63, 3.8) is 0 Å². The number of carbonyl (C=O) groups excluding carboxylic acids is 1. The van der Waals surface area contributed by atoms with Gasteiger partial charge in [0.15, 0.2) is 0 Å². The van der Waals surface area contributed by atoms with Crippen LogP contribution in [0.4, 0.5) is 17.1 Å². The Hall–Kier alpha value is -2.89. The van der Waals surface area contributed by atoms with Crippen molar-refractivity contribution in [2.45, 2.75) is 6.92 Å². The van der Waals surface area contributed by atoms with Gasteiger partial charge in [0.2, 0.25) is 5.91 Å². The lowest BCUT2D eigenvalue weighted by molar-refractivity contribution is -0.384. The molecule has 1 N–H and O–H groups in total. The van der Waals surface area contributed by atoms with E-state index in [1.54, 1.807) is 12.1 Å². The van der Waals surface area contributed by atoms with Crippen molar-refractivity contribution < 1.29 is 9.72 Å². The van der Waals surface area contributed by atoms with E-state index < -0.39 is 4.92 Å². The van der Waals surface area contributed by atoms with Crippen molar-refractivity contribution in [2.75, 3.05) is 23.3 Å². The molecule has 0 aliphatic rings. The number of nitrogens with one attached hydrogen (secondary N) is 1. The number of amides is 1. The summed E-state index contributed by atoms with van der Waals surface area (Å²) in [6.07, 6.45) is 0. The highest BCUT2D eigenvalue weighted by atomic mass is 16.6. The number of anilines is 2. The van der Waals surface area contributed by atoms with Crippen LogP contribution >= 0.6 is 0 Å². The molecule has 0 radical (unpaired) electrons. The molecule has 0 unspecified atom stereocenters. The molecule has 2 rings (SSSR count). The predicted octanol–water partition coefficient (Wildman–Crippen LogP) is 3.06. The largest absolute Gasteiger partial charge is 0.362 e. The standard InChI is InChI=1S/C16H17N3O3/c1-2-18(14-8-4-3-5-9-14)12-16(20)17-13-7-6-10-15(11-13)19(21)22/h3-11H,2,12H2,1H3,(H,17,20). The first-order valence-corrected chi connectivity index (χ1v) is 6.94. The molecular formula is C16H17N3O3. The second-order valence-electron chi connectivity index (χ2n) is 4.71. The molecule has 0 aromatic heterocycles. The highest BCUT2D eigenvalue weighted by molar-refractivity contribution is 5.94. The number of para-hydroxylation sites is 1. The van der Waals surface area contributed by atoms with Crippen LogP contribution in [0.2, 0.25) is 0 Å². The lowest BCUT2D eigenvalue weighted by Gasteiger charge is -2.22. The van der Waals surface area contributed by atoms with Gasteiger partial charge in [-0.1, -0.05) is 24.3 Å². The maximum absolute atomic E-state index is 12.1. The fourth-order valence-corrected chi connectivity index (χ4v) is 2.10. The zero-order chi connectivity index (χ0) is 15.9. The van der Waals surface area contributed by atoms with E-state index in [0.717, 1.165) is 5.69 Å². The van der Waals surface area contributed by atoms with Gasteiger partial charge in [-0.25, -0.2) is 0 Å². The Labute approximate surface area is 128 Å². The summed E-state index contributed by atoms with van der Waals surface area (Å²) in [6.45, 7) is 2.84. The molecule has 0 aliphatic carbocycles. The molecule has 0 fully saturated rings. The second-order valence-corrected chi connectivity index (χ2v) is 4.71. The van der Waals surface area contributed by atoms with E-state index in [4.69, 9.17) is 0 Å². The van der Waals surface area contributed by atoms with Crippen LogP contribution in [0.1, 0.15) is 6.92 Å². The molecule has 6 heteroatoms. The Kier molecular flexibility index (Phi) is 5.08. The molecule has 0 saturated heterocycles. The Morgan fingerprint density at radius 3 is 2.55 bits per heavy atom. The Morgan fingerprint density at radius 2 is 1.91 bits per heavy atom. The summed E-state index contributed by atoms with van der Waals surface area (Å²) in [5, 5.41) is 13.4. The average molecular weight is 299 g/mol. The number of nitro benzene ring substituents is 1. The molecule has 0 saturated carbocycles. The van der Waals surface area contributed by atoms with Crippen LogP contribution in [0.3, 0.4) is 0 Å². The smallest absolute Gasteiger partial charge is 0.271 e. The average Bonchev–Trinajstić information content (AvgIpc) is 2.53. The minimum Gasteiger partial charge on any atom is -0.362 e. The summed E-state index contributed by atoms with van der Waals surface area (Å²) in [4.78, 5) is 24.3. The number of likely N-dealkylation sites (N-methyl/N-ethyl adjacent to an activating group) is 1. The topological polar surface area (TPSA) is 75.5 Å². The van der Waals surface area contributed by atoms with E-state index in [2.05, 4.69) is 5.32 Å². The fraction of sp³-hybridized carbons (Fsp3) is 0.188. The summed E-state index contributed by atoms with van der Waals surface area (Å²) in [5.74, 6) is -0.216. The predicted molar refractivity (Wildman–Crippen MR) is 86.1 cm³/mol. The number of benzene rings is 2. The van der Waals surface area contributed by atoms with Gasteiger partial charge >= 0.3 is 0 Å². The maximum atomic E-state index is 12.1. The monoisotopic (exact) mass is 299 g/mol. The SMILES string of the molecule is CCN(CC(=O)Nc1cccc([N+](=O)[O-])c1)c1ccccc1. The molecule has 0 heterocycles. The molecule has 114 valence electrons. The van der Waals surface area contributed by atoms with Gasteiger partial charge < -0.3 is 10.2 Å². The van der Waals surface area contributed by atoms with Crippen molar-refractivity contribution in [3.8, 4) is 0 Å². The van der Waals surface area contributed by atoms with Gasteiger partial charge in [-0.3, -0.25) is 14.9 Å². The molecule has 0 bridgehead atoms. The third kappa shape index (κ3) is 4.05. The lowest BCUT2D eigenvalue weighted by atomic mass is 10.2. The lowest BCUT2D eigenvalue weighted by Crippen LogP contribution is -2.33. The molecule has 0 spiro atoms. The zero-order valence-electron chi connectivity index (χ0n) is 12.2. The summed E-state index contributed by atoms with van der Waals surface area (Å²) < 4.78 is 0. The number of hydrogen-bond acceptors (Lipinski definition) is 4. The zero-order valence-corrected chi connectivity index (χ0v) is 12.2. The van der Waals surface area contributed by atoms with E-state index in [0.29, 0.717) is 12.2 Å². The third-order valence-electron chi connectivity index (χ3n) is 3.18. The van der Waals surface area contributed by atoms with Crippen LogP contribution < -0.4 is 10.2 Å². The summed E-state index contributed by atoms with van der Waals surface area (Å²) >= 11 is 0. The molecular weight excluding hydrogens is 282 g/mol. The van der Waals surface area contributed by atoms with Gasteiger partial charge in [0.1, 0.15) is 0 Å².